The SMILES string of the molecule is CC(C)(C)OC(=O)CC1NCCN([C@@H](Cc2ccccc2)C(=O)OC(C)(C)C)C1=O. The number of carbonyl (C=O) groups excluding carboxylic acids is 3. The second-order valence-corrected chi connectivity index (χ2v) is 9.57. The second kappa shape index (κ2) is 9.60. The highest BCUT2D eigenvalue weighted by atomic mass is 16.6. The summed E-state index contributed by atoms with van der Waals surface area (Å²) in [6, 6.07) is 8.04. The van der Waals surface area contributed by atoms with Gasteiger partial charge in [0.05, 0.1) is 12.5 Å². The van der Waals surface area contributed by atoms with E-state index >= 15 is 0 Å². The summed E-state index contributed by atoms with van der Waals surface area (Å²) in [6.07, 6.45) is 0.264. The molecule has 1 saturated heterocycles. The molecule has 0 aliphatic carbocycles. The Bertz CT molecular complexity index is 749. The van der Waals surface area contributed by atoms with Gasteiger partial charge < -0.3 is 19.7 Å². The molecular weight excluding hydrogens is 384 g/mol. The normalized spacial score (nSPS) is 18.7. The topological polar surface area (TPSA) is 84.9 Å². The number of amides is 1. The molecule has 30 heavy (non-hydrogen) atoms. The van der Waals surface area contributed by atoms with Crippen LogP contribution in [0.4, 0.5) is 0 Å². The molecule has 1 aliphatic rings. The Balaban J connectivity index is 2.20. The van der Waals surface area contributed by atoms with Crippen molar-refractivity contribution in [3.8, 4) is 0 Å². The van der Waals surface area contributed by atoms with E-state index in [1.165, 1.54) is 4.90 Å². The molecule has 1 aromatic rings. The molecule has 1 amide bonds. The van der Waals surface area contributed by atoms with Crippen LogP contribution >= 0.6 is 0 Å². The zero-order valence-electron chi connectivity index (χ0n) is 18.9. The molecule has 1 aliphatic heterocycles. The third kappa shape index (κ3) is 7.44. The summed E-state index contributed by atoms with van der Waals surface area (Å²) in [5.74, 6) is -1.19. The molecule has 1 aromatic carbocycles. The van der Waals surface area contributed by atoms with Crippen LogP contribution in [-0.4, -0.2) is 59.1 Å². The Morgan fingerprint density at radius 3 is 2.23 bits per heavy atom. The molecule has 1 unspecified atom stereocenters. The number of hydrogen-bond acceptors (Lipinski definition) is 6. The molecule has 7 heteroatoms. The highest BCUT2D eigenvalue weighted by molar-refractivity contribution is 5.91. The third-order valence-electron chi connectivity index (χ3n) is 4.44. The molecule has 2 rings (SSSR count). The highest BCUT2D eigenvalue weighted by Gasteiger charge is 2.39. The Hall–Kier alpha value is -2.41. The predicted molar refractivity (Wildman–Crippen MR) is 114 cm³/mol. The van der Waals surface area contributed by atoms with Crippen LogP contribution in [0.2, 0.25) is 0 Å². The van der Waals surface area contributed by atoms with E-state index in [9.17, 15) is 14.4 Å². The van der Waals surface area contributed by atoms with E-state index in [0.29, 0.717) is 19.5 Å². The van der Waals surface area contributed by atoms with E-state index in [1.807, 2.05) is 30.3 Å². The zero-order valence-corrected chi connectivity index (χ0v) is 18.9. The Morgan fingerprint density at radius 2 is 1.67 bits per heavy atom. The lowest BCUT2D eigenvalue weighted by Crippen LogP contribution is -2.61. The highest BCUT2D eigenvalue weighted by Crippen LogP contribution is 2.19. The Kier molecular flexibility index (Phi) is 7.64. The van der Waals surface area contributed by atoms with Crippen molar-refractivity contribution < 1.29 is 23.9 Å². The Morgan fingerprint density at radius 1 is 1.07 bits per heavy atom. The van der Waals surface area contributed by atoms with Gasteiger partial charge in [-0.15, -0.1) is 0 Å². The van der Waals surface area contributed by atoms with Gasteiger partial charge in [0.1, 0.15) is 17.2 Å². The van der Waals surface area contributed by atoms with Crippen molar-refractivity contribution in [1.82, 2.24) is 10.2 Å². The van der Waals surface area contributed by atoms with Gasteiger partial charge >= 0.3 is 11.9 Å². The summed E-state index contributed by atoms with van der Waals surface area (Å²) in [4.78, 5) is 39.9. The lowest BCUT2D eigenvalue weighted by atomic mass is 10.0. The first-order valence-corrected chi connectivity index (χ1v) is 10.4. The van der Waals surface area contributed by atoms with Gasteiger partial charge in [-0.1, -0.05) is 30.3 Å². The monoisotopic (exact) mass is 418 g/mol. The van der Waals surface area contributed by atoms with Crippen LogP contribution in [-0.2, 0) is 30.3 Å². The minimum absolute atomic E-state index is 0.0843. The fourth-order valence-electron chi connectivity index (χ4n) is 3.30. The third-order valence-corrected chi connectivity index (χ3v) is 4.44. The summed E-state index contributed by atoms with van der Waals surface area (Å²) in [5.41, 5.74) is -0.358. The van der Waals surface area contributed by atoms with Crippen LogP contribution in [0.15, 0.2) is 30.3 Å². The fraction of sp³-hybridized carbons (Fsp3) is 0.609. The molecule has 1 heterocycles. The predicted octanol–water partition coefficient (Wildman–Crippen LogP) is 2.47. The van der Waals surface area contributed by atoms with Crippen molar-refractivity contribution in [1.29, 1.82) is 0 Å². The van der Waals surface area contributed by atoms with Crippen molar-refractivity contribution in [3.63, 3.8) is 0 Å². The molecule has 0 aromatic heterocycles. The van der Waals surface area contributed by atoms with Crippen LogP contribution in [0.5, 0.6) is 0 Å². The summed E-state index contributed by atoms with van der Waals surface area (Å²) in [5, 5.41) is 3.08. The standard InChI is InChI=1S/C23H34N2O5/c1-22(2,3)29-19(26)15-17-20(27)25(13-12-24-17)18(21(28)30-23(4,5)6)14-16-10-8-7-9-11-16/h7-11,17-18,24H,12-15H2,1-6H3/t17?,18-/m0/s1. The molecule has 0 radical (unpaired) electrons. The maximum absolute atomic E-state index is 13.2. The smallest absolute Gasteiger partial charge is 0.329 e. The molecular formula is C23H34N2O5. The first-order chi connectivity index (χ1) is 13.9. The number of ether oxygens (including phenoxy) is 2. The summed E-state index contributed by atoms with van der Waals surface area (Å²) in [7, 11) is 0. The van der Waals surface area contributed by atoms with Crippen molar-refractivity contribution in [3.05, 3.63) is 35.9 Å². The zero-order chi connectivity index (χ0) is 22.5. The average Bonchev–Trinajstić information content (AvgIpc) is 2.59. The van der Waals surface area contributed by atoms with Gasteiger partial charge in [0.2, 0.25) is 5.91 Å². The van der Waals surface area contributed by atoms with Crippen molar-refractivity contribution >= 4 is 17.8 Å². The maximum atomic E-state index is 13.2. The number of hydrogen-bond donors (Lipinski definition) is 1. The summed E-state index contributed by atoms with van der Waals surface area (Å²) < 4.78 is 11.0. The molecule has 2 atom stereocenters. The van der Waals surface area contributed by atoms with Crippen LogP contribution in [0, 0.1) is 0 Å². The van der Waals surface area contributed by atoms with E-state index in [-0.39, 0.29) is 12.3 Å². The largest absolute Gasteiger partial charge is 0.460 e. The first-order valence-electron chi connectivity index (χ1n) is 10.4. The minimum Gasteiger partial charge on any atom is -0.460 e. The molecule has 1 fully saturated rings. The molecule has 0 spiro atoms. The number of carbonyl (C=O) groups is 3. The quantitative estimate of drug-likeness (QED) is 0.715. The molecule has 0 saturated carbocycles. The number of nitrogens with one attached hydrogen (secondary N) is 1. The summed E-state index contributed by atoms with van der Waals surface area (Å²) >= 11 is 0. The van der Waals surface area contributed by atoms with Gasteiger partial charge in [-0.2, -0.15) is 0 Å². The van der Waals surface area contributed by atoms with Crippen LogP contribution in [0.1, 0.15) is 53.5 Å². The first kappa shape index (κ1) is 23.9. The van der Waals surface area contributed by atoms with E-state index in [2.05, 4.69) is 5.32 Å². The van der Waals surface area contributed by atoms with E-state index in [4.69, 9.17) is 9.47 Å². The molecule has 7 nitrogen and oxygen atoms in total. The maximum Gasteiger partial charge on any atom is 0.329 e. The van der Waals surface area contributed by atoms with Crippen molar-refractivity contribution in [2.45, 2.75) is 77.7 Å². The molecule has 0 bridgehead atoms. The van der Waals surface area contributed by atoms with Crippen LogP contribution in [0.3, 0.4) is 0 Å². The van der Waals surface area contributed by atoms with E-state index < -0.39 is 35.2 Å². The van der Waals surface area contributed by atoms with E-state index in [1.54, 1.807) is 41.5 Å². The number of nitrogens with zero attached hydrogens (tertiary/aromatic N) is 1. The van der Waals surface area contributed by atoms with Crippen LogP contribution < -0.4 is 5.32 Å². The Labute approximate surface area is 179 Å². The fourth-order valence-corrected chi connectivity index (χ4v) is 3.30. The van der Waals surface area contributed by atoms with Crippen molar-refractivity contribution in [2.24, 2.45) is 0 Å². The average molecular weight is 419 g/mol. The van der Waals surface area contributed by atoms with Crippen molar-refractivity contribution in [2.75, 3.05) is 13.1 Å². The van der Waals surface area contributed by atoms with Gasteiger partial charge in [0.25, 0.3) is 0 Å². The van der Waals surface area contributed by atoms with Crippen LogP contribution in [0.25, 0.3) is 0 Å². The molecule has 1 N–H and O–H groups in total. The van der Waals surface area contributed by atoms with Gasteiger partial charge in [0.15, 0.2) is 0 Å². The number of rotatable bonds is 6. The lowest BCUT2D eigenvalue weighted by molar-refractivity contribution is -0.167. The number of piperazine rings is 1. The number of benzene rings is 1. The van der Waals surface area contributed by atoms with Gasteiger partial charge in [-0.3, -0.25) is 9.59 Å². The number of esters is 2. The van der Waals surface area contributed by atoms with Gasteiger partial charge in [0, 0.05) is 19.5 Å². The van der Waals surface area contributed by atoms with Gasteiger partial charge in [-0.25, -0.2) is 4.79 Å². The lowest BCUT2D eigenvalue weighted by Gasteiger charge is -2.38. The van der Waals surface area contributed by atoms with E-state index in [0.717, 1.165) is 5.56 Å². The molecule has 166 valence electrons. The van der Waals surface area contributed by atoms with Gasteiger partial charge in [-0.05, 0) is 47.1 Å². The summed E-state index contributed by atoms with van der Waals surface area (Å²) in [6.45, 7) is 11.6. The minimum atomic E-state index is -0.762. The second-order valence-electron chi connectivity index (χ2n) is 9.57.